The maximum atomic E-state index is 10.7. The van der Waals surface area contributed by atoms with Crippen molar-refractivity contribution in [3.63, 3.8) is 0 Å². The first-order valence-electron chi connectivity index (χ1n) is 4.61. The molecule has 1 rings (SSSR count). The number of aliphatic hydroxyl groups excluding tert-OH is 2. The second-order valence-corrected chi connectivity index (χ2v) is 3.11. The summed E-state index contributed by atoms with van der Waals surface area (Å²) >= 11 is 0. The Labute approximate surface area is 97.0 Å². The van der Waals surface area contributed by atoms with Gasteiger partial charge in [0.1, 0.15) is 6.10 Å². The Kier molecular flexibility index (Phi) is 4.18. The molecule has 0 aliphatic heterocycles. The Morgan fingerprint density at radius 3 is 2.53 bits per heavy atom. The molecule has 0 saturated carbocycles. The predicted molar refractivity (Wildman–Crippen MR) is 55.3 cm³/mol. The van der Waals surface area contributed by atoms with Gasteiger partial charge in [0, 0.05) is 6.20 Å². The van der Waals surface area contributed by atoms with E-state index in [4.69, 9.17) is 15.2 Å². The Hall–Kier alpha value is -1.93. The zero-order valence-corrected chi connectivity index (χ0v) is 9.32. The molecular weight excluding hydrogens is 230 g/mol. The molecule has 1 heterocycles. The molecule has 8 nitrogen and oxygen atoms in total. The molecule has 4 N–H and O–H groups in total. The van der Waals surface area contributed by atoms with Gasteiger partial charge in [0.05, 0.1) is 19.8 Å². The van der Waals surface area contributed by atoms with Gasteiger partial charge in [-0.25, -0.2) is 4.98 Å². The highest BCUT2D eigenvalue weighted by Crippen LogP contribution is 2.26. The largest absolute Gasteiger partial charge is 0.481 e. The Balaban J connectivity index is 3.08. The van der Waals surface area contributed by atoms with E-state index < -0.39 is 18.1 Å². The first kappa shape index (κ1) is 13.1. The minimum atomic E-state index is -1.76. The van der Waals surface area contributed by atoms with E-state index >= 15 is 0 Å². The topological polar surface area (TPSA) is 128 Å². The van der Waals surface area contributed by atoms with E-state index in [1.807, 2.05) is 0 Å². The molecule has 0 bridgehead atoms. The number of aliphatic hydroxyl groups is 2. The van der Waals surface area contributed by atoms with Gasteiger partial charge in [0.25, 0.3) is 0 Å². The van der Waals surface area contributed by atoms with Crippen LogP contribution in [0.2, 0.25) is 0 Å². The van der Waals surface area contributed by atoms with Crippen LogP contribution in [0.25, 0.3) is 0 Å². The molecule has 1 aromatic rings. The molecule has 8 heteroatoms. The zero-order chi connectivity index (χ0) is 13.0. The van der Waals surface area contributed by atoms with Gasteiger partial charge in [-0.1, -0.05) is 0 Å². The van der Waals surface area contributed by atoms with E-state index in [0.717, 1.165) is 0 Å². The van der Waals surface area contributed by atoms with Crippen molar-refractivity contribution in [2.75, 3.05) is 14.2 Å². The van der Waals surface area contributed by atoms with E-state index in [-0.39, 0.29) is 17.5 Å². The zero-order valence-electron chi connectivity index (χ0n) is 9.32. The molecule has 17 heavy (non-hydrogen) atoms. The Morgan fingerprint density at radius 2 is 2.06 bits per heavy atom. The van der Waals surface area contributed by atoms with Crippen LogP contribution in [0.15, 0.2) is 6.20 Å². The van der Waals surface area contributed by atoms with E-state index in [1.165, 1.54) is 20.4 Å². The van der Waals surface area contributed by atoms with Gasteiger partial charge in [0.2, 0.25) is 11.8 Å². The van der Waals surface area contributed by atoms with E-state index in [0.29, 0.717) is 0 Å². The van der Waals surface area contributed by atoms with Crippen molar-refractivity contribution in [2.24, 2.45) is 5.73 Å². The summed E-state index contributed by atoms with van der Waals surface area (Å²) in [5.74, 6) is -1.07. The van der Waals surface area contributed by atoms with Crippen LogP contribution in [-0.2, 0) is 4.79 Å². The lowest BCUT2D eigenvalue weighted by Crippen LogP contribution is -2.34. The van der Waals surface area contributed by atoms with Crippen LogP contribution >= 0.6 is 0 Å². The van der Waals surface area contributed by atoms with E-state index in [1.54, 1.807) is 0 Å². The summed E-state index contributed by atoms with van der Waals surface area (Å²) in [6.45, 7) is 0. The third-order valence-corrected chi connectivity index (χ3v) is 2.04. The molecule has 0 aliphatic rings. The van der Waals surface area contributed by atoms with Crippen molar-refractivity contribution < 1.29 is 24.5 Å². The van der Waals surface area contributed by atoms with Crippen molar-refractivity contribution in [1.82, 2.24) is 9.97 Å². The molecule has 0 fully saturated rings. The minimum Gasteiger partial charge on any atom is -0.481 e. The van der Waals surface area contributed by atoms with Crippen LogP contribution in [-0.4, -0.2) is 46.4 Å². The molecule has 0 saturated heterocycles. The van der Waals surface area contributed by atoms with Crippen LogP contribution in [0.1, 0.15) is 11.7 Å². The van der Waals surface area contributed by atoms with Crippen LogP contribution in [0, 0.1) is 0 Å². The molecular formula is C9H13N3O5. The van der Waals surface area contributed by atoms with Gasteiger partial charge in [-0.05, 0) is 0 Å². The fourth-order valence-corrected chi connectivity index (χ4v) is 1.15. The van der Waals surface area contributed by atoms with Crippen molar-refractivity contribution in [1.29, 1.82) is 0 Å². The quantitative estimate of drug-likeness (QED) is 0.566. The number of carbonyl (C=O) groups is 1. The maximum absolute atomic E-state index is 10.7. The highest BCUT2D eigenvalue weighted by Gasteiger charge is 2.27. The first-order valence-corrected chi connectivity index (χ1v) is 4.61. The fraction of sp³-hybridized carbons (Fsp3) is 0.444. The van der Waals surface area contributed by atoms with Gasteiger partial charge in [-0.15, -0.1) is 0 Å². The third-order valence-electron chi connectivity index (χ3n) is 2.04. The lowest BCUT2D eigenvalue weighted by Gasteiger charge is -2.16. The maximum Gasteiger partial charge on any atom is 0.319 e. The van der Waals surface area contributed by atoms with Gasteiger partial charge in [-0.3, -0.25) is 4.79 Å². The average molecular weight is 243 g/mol. The number of carbonyl (C=O) groups excluding carboxylic acids is 1. The van der Waals surface area contributed by atoms with E-state index in [9.17, 15) is 15.0 Å². The number of hydrogen-bond donors (Lipinski definition) is 3. The standard InChI is InChI=1S/C9H13N3O5/c1-16-8-4(3-11-9(12-8)17-2)5(13)6(14)7(10)15/h3,5-6,13-14H,1-2H3,(H2,10,15). The normalized spacial score (nSPS) is 13.9. The molecule has 2 atom stereocenters. The van der Waals surface area contributed by atoms with Crippen LogP contribution in [0.5, 0.6) is 11.9 Å². The lowest BCUT2D eigenvalue weighted by atomic mass is 10.1. The molecule has 94 valence electrons. The van der Waals surface area contributed by atoms with Gasteiger partial charge in [-0.2, -0.15) is 4.98 Å². The summed E-state index contributed by atoms with van der Waals surface area (Å²) in [5, 5.41) is 19.0. The van der Waals surface area contributed by atoms with Crippen LogP contribution < -0.4 is 15.2 Å². The first-order chi connectivity index (χ1) is 8.01. The second kappa shape index (κ2) is 5.41. The van der Waals surface area contributed by atoms with Crippen LogP contribution in [0.3, 0.4) is 0 Å². The predicted octanol–water partition coefficient (Wildman–Crippen LogP) is -1.63. The number of aromatic nitrogens is 2. The molecule has 2 unspecified atom stereocenters. The van der Waals surface area contributed by atoms with Gasteiger partial charge in [0.15, 0.2) is 6.10 Å². The highest BCUT2D eigenvalue weighted by molar-refractivity contribution is 5.79. The Morgan fingerprint density at radius 1 is 1.41 bits per heavy atom. The molecule has 1 aromatic heterocycles. The minimum absolute atomic E-state index is 0.00958. The summed E-state index contributed by atoms with van der Waals surface area (Å²) in [7, 11) is 2.68. The smallest absolute Gasteiger partial charge is 0.319 e. The number of rotatable bonds is 5. The van der Waals surface area contributed by atoms with Crippen LogP contribution in [0.4, 0.5) is 0 Å². The Bertz CT molecular complexity index is 412. The number of nitrogens with two attached hydrogens (primary N) is 1. The summed E-state index contributed by atoms with van der Waals surface area (Å²) in [4.78, 5) is 18.3. The van der Waals surface area contributed by atoms with Gasteiger partial charge >= 0.3 is 6.01 Å². The SMILES string of the molecule is COc1ncc(C(O)C(O)C(N)=O)c(OC)n1. The average Bonchev–Trinajstić information content (AvgIpc) is 2.35. The summed E-state index contributed by atoms with van der Waals surface area (Å²) in [5.41, 5.74) is 4.91. The highest BCUT2D eigenvalue weighted by atomic mass is 16.5. The van der Waals surface area contributed by atoms with Crippen molar-refractivity contribution >= 4 is 5.91 Å². The molecule has 1 amide bonds. The number of amides is 1. The molecule has 0 spiro atoms. The summed E-state index contributed by atoms with van der Waals surface area (Å²) in [6.07, 6.45) is -2.14. The molecule has 0 radical (unpaired) electrons. The molecule has 0 aliphatic carbocycles. The van der Waals surface area contributed by atoms with Gasteiger partial charge < -0.3 is 25.4 Å². The third kappa shape index (κ3) is 2.80. The number of primary amides is 1. The van der Waals surface area contributed by atoms with E-state index in [2.05, 4.69) is 9.97 Å². The number of hydrogen-bond acceptors (Lipinski definition) is 7. The summed E-state index contributed by atoms with van der Waals surface area (Å²) < 4.78 is 9.65. The van der Waals surface area contributed by atoms with Crippen molar-refractivity contribution in [3.05, 3.63) is 11.8 Å². The lowest BCUT2D eigenvalue weighted by molar-refractivity contribution is -0.132. The molecule has 0 aromatic carbocycles. The summed E-state index contributed by atoms with van der Waals surface area (Å²) in [6, 6.07) is 0.0337. The van der Waals surface area contributed by atoms with Crippen molar-refractivity contribution in [2.45, 2.75) is 12.2 Å². The number of nitrogens with zero attached hydrogens (tertiary/aromatic N) is 2. The fourth-order valence-electron chi connectivity index (χ4n) is 1.15. The number of methoxy groups -OCH3 is 2. The second-order valence-electron chi connectivity index (χ2n) is 3.11. The van der Waals surface area contributed by atoms with Crippen molar-refractivity contribution in [3.8, 4) is 11.9 Å². The monoisotopic (exact) mass is 243 g/mol. The number of ether oxygens (including phenoxy) is 2.